The molecule has 0 aliphatic carbocycles. The molecule has 0 radical (unpaired) electrons. The van der Waals surface area contributed by atoms with E-state index in [0.29, 0.717) is 0 Å². The number of benzene rings is 1. The predicted octanol–water partition coefficient (Wildman–Crippen LogP) is 2.19. The van der Waals surface area contributed by atoms with Crippen LogP contribution in [0, 0.1) is 0 Å². The minimum atomic E-state index is 0.962. The summed E-state index contributed by atoms with van der Waals surface area (Å²) in [6, 6.07) is 12.8. The number of aromatic nitrogens is 1. The molecule has 0 atom stereocenters. The topological polar surface area (TPSA) is 28.2 Å². The molecular weight excluding hydrogens is 234 g/mol. The summed E-state index contributed by atoms with van der Waals surface area (Å²) in [5, 5.41) is 3.50. The Morgan fingerprint density at radius 3 is 2.84 bits per heavy atom. The van der Waals surface area contributed by atoms with E-state index in [2.05, 4.69) is 45.5 Å². The Labute approximate surface area is 114 Å². The quantitative estimate of drug-likeness (QED) is 0.889. The molecule has 1 aliphatic heterocycles. The third-order valence-corrected chi connectivity index (χ3v) is 3.56. The molecule has 0 amide bonds. The Hall–Kier alpha value is -1.71. The van der Waals surface area contributed by atoms with Crippen LogP contribution in [0.2, 0.25) is 0 Å². The minimum Gasteiger partial charge on any atom is -0.311 e. The zero-order valence-corrected chi connectivity index (χ0v) is 11.0. The van der Waals surface area contributed by atoms with Crippen LogP contribution in [0.25, 0.3) is 0 Å². The molecule has 98 valence electrons. The lowest BCUT2D eigenvalue weighted by Crippen LogP contribution is -2.34. The molecule has 0 fully saturated rings. The smallest absolute Gasteiger partial charge is 0.0312 e. The average molecular weight is 253 g/mol. The van der Waals surface area contributed by atoms with Crippen molar-refractivity contribution in [3.05, 3.63) is 65.5 Å². The van der Waals surface area contributed by atoms with Crippen LogP contribution >= 0.6 is 0 Å². The Bertz CT molecular complexity index is 525. The van der Waals surface area contributed by atoms with Gasteiger partial charge < -0.3 is 5.32 Å². The molecule has 2 heterocycles. The van der Waals surface area contributed by atoms with E-state index in [1.807, 2.05) is 18.5 Å². The van der Waals surface area contributed by atoms with E-state index in [-0.39, 0.29) is 0 Å². The highest BCUT2D eigenvalue weighted by atomic mass is 15.1. The van der Waals surface area contributed by atoms with Gasteiger partial charge in [-0.25, -0.2) is 0 Å². The van der Waals surface area contributed by atoms with Gasteiger partial charge in [0.1, 0.15) is 0 Å². The lowest BCUT2D eigenvalue weighted by Gasteiger charge is -2.26. The fourth-order valence-electron chi connectivity index (χ4n) is 2.55. The number of hydrogen-bond acceptors (Lipinski definition) is 3. The Morgan fingerprint density at radius 2 is 2.00 bits per heavy atom. The zero-order valence-electron chi connectivity index (χ0n) is 11.0. The van der Waals surface area contributed by atoms with Gasteiger partial charge in [0, 0.05) is 45.1 Å². The molecule has 3 rings (SSSR count). The van der Waals surface area contributed by atoms with Crippen molar-refractivity contribution in [2.24, 2.45) is 0 Å². The van der Waals surface area contributed by atoms with Crippen molar-refractivity contribution in [3.8, 4) is 0 Å². The van der Waals surface area contributed by atoms with Crippen molar-refractivity contribution in [3.63, 3.8) is 0 Å². The molecule has 1 aliphatic rings. The van der Waals surface area contributed by atoms with E-state index in [9.17, 15) is 0 Å². The van der Waals surface area contributed by atoms with E-state index < -0.39 is 0 Å². The summed E-state index contributed by atoms with van der Waals surface area (Å²) in [4.78, 5) is 6.67. The largest absolute Gasteiger partial charge is 0.311 e. The highest BCUT2D eigenvalue weighted by Crippen LogP contribution is 2.15. The molecule has 1 aromatic carbocycles. The zero-order chi connectivity index (χ0) is 12.9. The van der Waals surface area contributed by atoms with Crippen molar-refractivity contribution in [2.45, 2.75) is 19.6 Å². The monoisotopic (exact) mass is 253 g/mol. The third-order valence-electron chi connectivity index (χ3n) is 3.56. The van der Waals surface area contributed by atoms with Gasteiger partial charge in [-0.3, -0.25) is 9.88 Å². The molecular formula is C16H19N3. The van der Waals surface area contributed by atoms with Crippen LogP contribution in [-0.2, 0) is 19.6 Å². The maximum absolute atomic E-state index is 4.19. The van der Waals surface area contributed by atoms with Crippen LogP contribution in [-0.4, -0.2) is 23.0 Å². The number of fused-ring (bicyclic) bond motifs is 1. The number of nitrogens with one attached hydrogen (secondary N) is 1. The van der Waals surface area contributed by atoms with Crippen LogP contribution in [0.15, 0.2) is 48.8 Å². The lowest BCUT2D eigenvalue weighted by molar-refractivity contribution is 0.249. The van der Waals surface area contributed by atoms with Crippen LogP contribution < -0.4 is 5.32 Å². The molecule has 0 bridgehead atoms. The SMILES string of the molecule is c1cncc(CN2CCNCc3ccccc3C2)c1. The second-order valence-electron chi connectivity index (χ2n) is 5.02. The molecule has 2 aromatic rings. The second kappa shape index (κ2) is 5.95. The second-order valence-corrected chi connectivity index (χ2v) is 5.02. The Morgan fingerprint density at radius 1 is 1.11 bits per heavy atom. The summed E-state index contributed by atoms with van der Waals surface area (Å²) < 4.78 is 0. The van der Waals surface area contributed by atoms with Crippen molar-refractivity contribution in [1.82, 2.24) is 15.2 Å². The first kappa shape index (κ1) is 12.3. The molecule has 0 unspecified atom stereocenters. The fourth-order valence-corrected chi connectivity index (χ4v) is 2.55. The van der Waals surface area contributed by atoms with Gasteiger partial charge in [0.2, 0.25) is 0 Å². The van der Waals surface area contributed by atoms with E-state index in [4.69, 9.17) is 0 Å². The Balaban J connectivity index is 1.76. The molecule has 3 heteroatoms. The van der Waals surface area contributed by atoms with Crippen LogP contribution in [0.4, 0.5) is 0 Å². The standard InChI is InChI=1S/C16H19N3/c1-2-6-16-13-19(9-8-18-11-15(16)5-1)12-14-4-3-7-17-10-14/h1-7,10,18H,8-9,11-13H2. The van der Waals surface area contributed by atoms with E-state index in [1.54, 1.807) is 0 Å². The van der Waals surface area contributed by atoms with Gasteiger partial charge in [0.25, 0.3) is 0 Å². The Kier molecular flexibility index (Phi) is 3.86. The van der Waals surface area contributed by atoms with Gasteiger partial charge in [-0.2, -0.15) is 0 Å². The van der Waals surface area contributed by atoms with Gasteiger partial charge in [-0.15, -0.1) is 0 Å². The van der Waals surface area contributed by atoms with Crippen molar-refractivity contribution < 1.29 is 0 Å². The summed E-state index contributed by atoms with van der Waals surface area (Å²) in [5.41, 5.74) is 4.12. The van der Waals surface area contributed by atoms with Gasteiger partial charge in [0.15, 0.2) is 0 Å². The normalized spacial score (nSPS) is 16.4. The van der Waals surface area contributed by atoms with Crippen molar-refractivity contribution in [1.29, 1.82) is 0 Å². The first-order valence-corrected chi connectivity index (χ1v) is 6.80. The van der Waals surface area contributed by atoms with Gasteiger partial charge in [-0.05, 0) is 22.8 Å². The van der Waals surface area contributed by atoms with Gasteiger partial charge >= 0.3 is 0 Å². The summed E-state index contributed by atoms with van der Waals surface area (Å²) in [6.45, 7) is 5.07. The van der Waals surface area contributed by atoms with Crippen LogP contribution in [0.5, 0.6) is 0 Å². The third kappa shape index (κ3) is 3.19. The fraction of sp³-hybridized carbons (Fsp3) is 0.312. The number of hydrogen-bond donors (Lipinski definition) is 1. The highest BCUT2D eigenvalue weighted by Gasteiger charge is 2.12. The maximum Gasteiger partial charge on any atom is 0.0312 e. The van der Waals surface area contributed by atoms with Crippen LogP contribution in [0.3, 0.4) is 0 Å². The number of nitrogens with zero attached hydrogens (tertiary/aromatic N) is 2. The molecule has 0 saturated heterocycles. The van der Waals surface area contributed by atoms with Crippen molar-refractivity contribution in [2.75, 3.05) is 13.1 Å². The summed E-state index contributed by atoms with van der Waals surface area (Å²) in [6.07, 6.45) is 3.78. The predicted molar refractivity (Wildman–Crippen MR) is 76.5 cm³/mol. The van der Waals surface area contributed by atoms with Gasteiger partial charge in [0.05, 0.1) is 0 Å². The molecule has 19 heavy (non-hydrogen) atoms. The summed E-state index contributed by atoms with van der Waals surface area (Å²) in [5.74, 6) is 0. The van der Waals surface area contributed by atoms with Crippen molar-refractivity contribution >= 4 is 0 Å². The van der Waals surface area contributed by atoms with E-state index in [0.717, 1.165) is 32.7 Å². The number of rotatable bonds is 2. The van der Waals surface area contributed by atoms with E-state index in [1.165, 1.54) is 16.7 Å². The van der Waals surface area contributed by atoms with Crippen LogP contribution in [0.1, 0.15) is 16.7 Å². The van der Waals surface area contributed by atoms with Gasteiger partial charge in [-0.1, -0.05) is 30.3 Å². The average Bonchev–Trinajstić information content (AvgIpc) is 2.43. The minimum absolute atomic E-state index is 0.962. The molecule has 0 spiro atoms. The molecule has 1 N–H and O–H groups in total. The molecule has 0 saturated carbocycles. The molecule has 1 aromatic heterocycles. The first-order chi connectivity index (χ1) is 9.42. The summed E-state index contributed by atoms with van der Waals surface area (Å²) in [7, 11) is 0. The highest BCUT2D eigenvalue weighted by molar-refractivity contribution is 5.27. The first-order valence-electron chi connectivity index (χ1n) is 6.80. The summed E-state index contributed by atoms with van der Waals surface area (Å²) >= 11 is 0. The number of pyridine rings is 1. The molecule has 3 nitrogen and oxygen atoms in total. The maximum atomic E-state index is 4.19. The lowest BCUT2D eigenvalue weighted by atomic mass is 10.1. The van der Waals surface area contributed by atoms with E-state index >= 15 is 0 Å².